The molecule has 0 aliphatic rings. The van der Waals surface area contributed by atoms with Gasteiger partial charge in [-0.2, -0.15) is 13.2 Å². The number of aromatic nitrogens is 4. The van der Waals surface area contributed by atoms with Crippen molar-refractivity contribution >= 4 is 5.65 Å². The number of fused-ring (bicyclic) bond motifs is 1. The number of alkyl halides is 3. The van der Waals surface area contributed by atoms with Gasteiger partial charge in [-0.15, -0.1) is 0 Å². The van der Waals surface area contributed by atoms with Crippen LogP contribution in [0, 0.1) is 6.92 Å². The molecule has 0 bridgehead atoms. The number of aryl methyl sites for hydroxylation is 1. The smallest absolute Gasteiger partial charge is 0.373 e. The normalized spacial score (nSPS) is 13.0. The number of pyridine rings is 3. The van der Waals surface area contributed by atoms with E-state index in [9.17, 15) is 18.3 Å². The van der Waals surface area contributed by atoms with E-state index in [2.05, 4.69) is 20.3 Å². The van der Waals surface area contributed by atoms with E-state index in [0.717, 1.165) is 16.8 Å². The molecule has 0 aromatic carbocycles. The topological polar surface area (TPSA) is 75.3 Å². The summed E-state index contributed by atoms with van der Waals surface area (Å²) in [6, 6.07) is 12.9. The molecule has 4 rings (SSSR count). The summed E-state index contributed by atoms with van der Waals surface area (Å²) in [5.41, 5.74) is 4.51. The Balaban J connectivity index is 1.75. The number of aliphatic hydroxyl groups is 1. The first kappa shape index (κ1) is 20.0. The summed E-state index contributed by atoms with van der Waals surface area (Å²) in [5.74, 6) is 0. The fourth-order valence-electron chi connectivity index (χ4n) is 3.20. The van der Waals surface area contributed by atoms with Crippen molar-refractivity contribution in [2.24, 2.45) is 0 Å². The molecule has 9 heteroatoms. The van der Waals surface area contributed by atoms with Crippen molar-refractivity contribution in [1.82, 2.24) is 24.7 Å². The van der Waals surface area contributed by atoms with Crippen molar-refractivity contribution in [3.63, 3.8) is 0 Å². The van der Waals surface area contributed by atoms with E-state index in [0.29, 0.717) is 17.0 Å². The number of aliphatic hydroxyl groups excluding tert-OH is 1. The summed E-state index contributed by atoms with van der Waals surface area (Å²) in [7, 11) is 0. The van der Waals surface area contributed by atoms with E-state index in [-0.39, 0.29) is 5.69 Å². The lowest BCUT2D eigenvalue weighted by Crippen LogP contribution is -2.32. The van der Waals surface area contributed by atoms with Gasteiger partial charge in [0.25, 0.3) is 0 Å². The molecule has 6 nitrogen and oxygen atoms in total. The lowest BCUT2D eigenvalue weighted by atomic mass is 10.0. The summed E-state index contributed by atoms with van der Waals surface area (Å²) in [5, 5.41) is 12.3. The van der Waals surface area contributed by atoms with Crippen LogP contribution in [0.3, 0.4) is 0 Å². The number of nitrogens with zero attached hydrogens (tertiary/aromatic N) is 4. The van der Waals surface area contributed by atoms with Crippen molar-refractivity contribution in [3.05, 3.63) is 72.4 Å². The molecular formula is C21H18F3N5O. The van der Waals surface area contributed by atoms with Gasteiger partial charge in [-0.25, -0.2) is 4.98 Å². The molecule has 2 N–H and O–H groups in total. The minimum Gasteiger partial charge on any atom is -0.373 e. The maximum absolute atomic E-state index is 12.5. The van der Waals surface area contributed by atoms with Crippen LogP contribution in [0.25, 0.3) is 28.2 Å². The molecule has 4 aromatic rings. The molecule has 0 radical (unpaired) electrons. The molecule has 30 heavy (non-hydrogen) atoms. The van der Waals surface area contributed by atoms with Crippen molar-refractivity contribution in [2.45, 2.75) is 19.3 Å². The van der Waals surface area contributed by atoms with Crippen LogP contribution in [0.15, 0.2) is 61.1 Å². The van der Waals surface area contributed by atoms with Gasteiger partial charge < -0.3 is 5.11 Å². The SMILES string of the molecule is Cc1cccc(-c2ncccc2-c2ccc3ncc(C(O)NCC(F)(F)F)n3c2)n1. The van der Waals surface area contributed by atoms with Crippen LogP contribution in [0.5, 0.6) is 0 Å². The maximum Gasteiger partial charge on any atom is 0.401 e. The summed E-state index contributed by atoms with van der Waals surface area (Å²) in [6.45, 7) is 0.581. The predicted molar refractivity (Wildman–Crippen MR) is 105 cm³/mol. The highest BCUT2D eigenvalue weighted by molar-refractivity contribution is 5.79. The van der Waals surface area contributed by atoms with Crippen molar-refractivity contribution in [1.29, 1.82) is 0 Å². The molecule has 154 valence electrons. The standard InChI is InChI=1S/C21H18F3N5O/c1-13-4-2-6-16(28-13)19-15(5-3-9-25-19)14-7-8-18-26-10-17(29(18)11-14)20(30)27-12-21(22,23)24/h2-11,20,27,30H,12H2,1H3. The monoisotopic (exact) mass is 413 g/mol. The molecule has 1 unspecified atom stereocenters. The molecule has 4 aromatic heterocycles. The molecule has 0 aliphatic carbocycles. The lowest BCUT2D eigenvalue weighted by Gasteiger charge is -2.15. The second kappa shape index (κ2) is 7.85. The van der Waals surface area contributed by atoms with Gasteiger partial charge in [0, 0.05) is 29.2 Å². The number of imidazole rings is 1. The summed E-state index contributed by atoms with van der Waals surface area (Å²) in [4.78, 5) is 13.2. The largest absolute Gasteiger partial charge is 0.401 e. The zero-order chi connectivity index (χ0) is 21.3. The van der Waals surface area contributed by atoms with Crippen molar-refractivity contribution < 1.29 is 18.3 Å². The van der Waals surface area contributed by atoms with E-state index in [1.807, 2.05) is 37.3 Å². The van der Waals surface area contributed by atoms with Crippen molar-refractivity contribution in [3.8, 4) is 22.5 Å². The number of rotatable bonds is 5. The third-order valence-electron chi connectivity index (χ3n) is 4.56. The van der Waals surface area contributed by atoms with E-state index in [1.54, 1.807) is 28.9 Å². The Morgan fingerprint density at radius 1 is 1.10 bits per heavy atom. The lowest BCUT2D eigenvalue weighted by molar-refractivity contribution is -0.131. The van der Waals surface area contributed by atoms with Crippen LogP contribution in [0.1, 0.15) is 17.6 Å². The Kier molecular flexibility index (Phi) is 5.23. The Morgan fingerprint density at radius 3 is 2.70 bits per heavy atom. The van der Waals surface area contributed by atoms with E-state index in [1.165, 1.54) is 6.20 Å². The summed E-state index contributed by atoms with van der Waals surface area (Å²) >= 11 is 0. The summed E-state index contributed by atoms with van der Waals surface area (Å²) in [6.07, 6.45) is -1.22. The second-order valence-corrected chi connectivity index (χ2v) is 6.79. The van der Waals surface area contributed by atoms with Crippen molar-refractivity contribution in [2.75, 3.05) is 6.54 Å². The predicted octanol–water partition coefficient (Wildman–Crippen LogP) is 3.91. The van der Waals surface area contributed by atoms with E-state index in [4.69, 9.17) is 0 Å². The quantitative estimate of drug-likeness (QED) is 0.485. The van der Waals surface area contributed by atoms with Gasteiger partial charge in [-0.05, 0) is 37.3 Å². The van der Waals surface area contributed by atoms with Gasteiger partial charge in [0.2, 0.25) is 0 Å². The molecule has 0 spiro atoms. The molecular weight excluding hydrogens is 395 g/mol. The Bertz CT molecular complexity index is 1190. The molecule has 0 aliphatic heterocycles. The zero-order valence-corrected chi connectivity index (χ0v) is 15.9. The Morgan fingerprint density at radius 2 is 1.93 bits per heavy atom. The third-order valence-corrected chi connectivity index (χ3v) is 4.56. The molecule has 4 heterocycles. The fraction of sp³-hybridized carbons (Fsp3) is 0.190. The van der Waals surface area contributed by atoms with Gasteiger partial charge in [0.1, 0.15) is 11.9 Å². The second-order valence-electron chi connectivity index (χ2n) is 6.79. The fourth-order valence-corrected chi connectivity index (χ4v) is 3.20. The Labute approximate surface area is 170 Å². The highest BCUT2D eigenvalue weighted by atomic mass is 19.4. The average molecular weight is 413 g/mol. The molecule has 1 atom stereocenters. The first-order valence-corrected chi connectivity index (χ1v) is 9.16. The Hall–Kier alpha value is -3.30. The van der Waals surface area contributed by atoms with Gasteiger partial charge in [0.05, 0.1) is 29.8 Å². The first-order chi connectivity index (χ1) is 14.3. The van der Waals surface area contributed by atoms with Crippen LogP contribution >= 0.6 is 0 Å². The third kappa shape index (κ3) is 4.17. The number of nitrogens with one attached hydrogen (secondary N) is 1. The van der Waals surface area contributed by atoms with E-state index < -0.39 is 18.9 Å². The zero-order valence-electron chi connectivity index (χ0n) is 15.9. The highest BCUT2D eigenvalue weighted by Gasteiger charge is 2.28. The molecule has 0 amide bonds. The molecule has 0 saturated heterocycles. The summed E-state index contributed by atoms with van der Waals surface area (Å²) < 4.78 is 39.0. The minimum atomic E-state index is -4.43. The number of hydrogen-bond donors (Lipinski definition) is 2. The van der Waals surface area contributed by atoms with Crippen LogP contribution < -0.4 is 5.32 Å². The average Bonchev–Trinajstić information content (AvgIpc) is 3.15. The first-order valence-electron chi connectivity index (χ1n) is 9.16. The van der Waals surface area contributed by atoms with Crippen LogP contribution in [-0.4, -0.2) is 37.2 Å². The van der Waals surface area contributed by atoms with Gasteiger partial charge in [-0.3, -0.25) is 19.7 Å². The minimum absolute atomic E-state index is 0.204. The van der Waals surface area contributed by atoms with E-state index >= 15 is 0 Å². The van der Waals surface area contributed by atoms with Crippen LogP contribution in [-0.2, 0) is 0 Å². The van der Waals surface area contributed by atoms with Gasteiger partial charge >= 0.3 is 6.18 Å². The number of halogens is 3. The van der Waals surface area contributed by atoms with Crippen LogP contribution in [0.2, 0.25) is 0 Å². The highest BCUT2D eigenvalue weighted by Crippen LogP contribution is 2.30. The van der Waals surface area contributed by atoms with Gasteiger partial charge in [-0.1, -0.05) is 12.1 Å². The molecule has 0 fully saturated rings. The van der Waals surface area contributed by atoms with Crippen LogP contribution in [0.4, 0.5) is 13.2 Å². The number of hydrogen-bond acceptors (Lipinski definition) is 5. The molecule has 0 saturated carbocycles. The van der Waals surface area contributed by atoms with Gasteiger partial charge in [0.15, 0.2) is 0 Å². The maximum atomic E-state index is 12.5.